The van der Waals surface area contributed by atoms with Gasteiger partial charge in [0.05, 0.1) is 31.2 Å². The van der Waals surface area contributed by atoms with Crippen LogP contribution < -0.4 is 5.35 Å². The molecule has 0 amide bonds. The number of aromatic nitrogens is 1. The lowest BCUT2D eigenvalue weighted by atomic mass is 9.93. The maximum absolute atomic E-state index is 11.2. The summed E-state index contributed by atoms with van der Waals surface area (Å²) in [7, 11) is -8.53. The van der Waals surface area contributed by atoms with Crippen molar-refractivity contribution in [3.05, 3.63) is 118 Å². The molecule has 5 aromatic rings. The number of allylic oxidation sites excluding steroid dienone is 6. The molecule has 4 aromatic carbocycles. The van der Waals surface area contributed by atoms with Crippen LogP contribution in [0, 0.1) is 0 Å². The van der Waals surface area contributed by atoms with Gasteiger partial charge in [0.15, 0.2) is 0 Å². The Morgan fingerprint density at radius 1 is 0.745 bits per heavy atom. The van der Waals surface area contributed by atoms with E-state index in [-0.39, 0.29) is 11.5 Å². The monoisotopic (exact) mass is 741 g/mol. The zero-order chi connectivity index (χ0) is 35.8. The number of unbranched alkanes of at least 4 members (excludes halogenated alkanes) is 2. The molecule has 0 saturated heterocycles. The molecule has 8 nitrogen and oxygen atoms in total. The van der Waals surface area contributed by atoms with E-state index in [1.54, 1.807) is 0 Å². The Hall–Kier alpha value is -4.06. The van der Waals surface area contributed by atoms with Gasteiger partial charge in [-0.1, -0.05) is 78.4 Å². The van der Waals surface area contributed by atoms with Crippen molar-refractivity contribution >= 4 is 81.8 Å². The first-order chi connectivity index (χ1) is 24.5. The quantitative estimate of drug-likeness (QED) is 0.0704. The fourth-order valence-electron chi connectivity index (χ4n) is 7.58. The van der Waals surface area contributed by atoms with E-state index in [0.29, 0.717) is 38.8 Å². The highest BCUT2D eigenvalue weighted by molar-refractivity contribution is 7.85. The van der Waals surface area contributed by atoms with E-state index in [4.69, 9.17) is 11.6 Å². The van der Waals surface area contributed by atoms with Crippen molar-refractivity contribution in [3.63, 3.8) is 0 Å². The molecule has 0 atom stereocenters. The number of aryl methyl sites for hydroxylation is 1. The predicted octanol–water partition coefficient (Wildman–Crippen LogP) is 7.40. The van der Waals surface area contributed by atoms with E-state index in [9.17, 15) is 25.9 Å². The van der Waals surface area contributed by atoms with E-state index >= 15 is 0 Å². The van der Waals surface area contributed by atoms with Gasteiger partial charge in [0.1, 0.15) is 6.54 Å². The van der Waals surface area contributed by atoms with Crippen LogP contribution in [-0.4, -0.2) is 58.8 Å². The summed E-state index contributed by atoms with van der Waals surface area (Å²) < 4.78 is 71.8. The molecule has 2 heterocycles. The summed E-state index contributed by atoms with van der Waals surface area (Å²) in [6.07, 6.45) is 12.7. The zero-order valence-electron chi connectivity index (χ0n) is 28.1. The van der Waals surface area contributed by atoms with Crippen LogP contribution in [0.25, 0.3) is 38.5 Å². The molecule has 0 spiro atoms. The van der Waals surface area contributed by atoms with E-state index in [2.05, 4.69) is 82.0 Å². The van der Waals surface area contributed by atoms with Crippen molar-refractivity contribution in [2.45, 2.75) is 51.5 Å². The van der Waals surface area contributed by atoms with E-state index < -0.39 is 20.2 Å². The van der Waals surface area contributed by atoms with Gasteiger partial charge in [0.2, 0.25) is 11.4 Å². The van der Waals surface area contributed by atoms with Crippen LogP contribution in [-0.2, 0) is 26.8 Å². The van der Waals surface area contributed by atoms with Crippen LogP contribution in [0.3, 0.4) is 0 Å². The Labute approximate surface area is 303 Å². The molecule has 0 fully saturated rings. The Morgan fingerprint density at radius 3 is 2.16 bits per heavy atom. The lowest BCUT2D eigenvalue weighted by molar-refractivity contribution is -0.436. The molecule has 1 aliphatic heterocycles. The molecule has 2 aliphatic rings. The molecule has 11 heteroatoms. The summed E-state index contributed by atoms with van der Waals surface area (Å²) in [5.41, 5.74) is 6.32. The Balaban J connectivity index is 1.23. The van der Waals surface area contributed by atoms with Crippen molar-refractivity contribution in [2.75, 3.05) is 18.1 Å². The molecule has 264 valence electrons. The van der Waals surface area contributed by atoms with E-state index in [1.807, 2.05) is 24.3 Å². The van der Waals surface area contributed by atoms with Crippen molar-refractivity contribution < 1.29 is 30.5 Å². The average molecular weight is 742 g/mol. The first-order valence-electron chi connectivity index (χ1n) is 17.3. The molecule has 0 radical (unpaired) electrons. The van der Waals surface area contributed by atoms with Gasteiger partial charge in [-0.05, 0) is 78.7 Å². The molecular formula is C40H38ClN2O6S2-. The fourth-order valence-corrected chi connectivity index (χ4v) is 9.01. The van der Waals surface area contributed by atoms with Crippen LogP contribution in [0.4, 0.5) is 5.69 Å². The summed E-state index contributed by atoms with van der Waals surface area (Å²) >= 11 is 7.14. The van der Waals surface area contributed by atoms with Gasteiger partial charge in [-0.15, -0.1) is 0 Å². The summed E-state index contributed by atoms with van der Waals surface area (Å²) in [6.45, 7) is 1.15. The molecule has 0 N–H and O–H groups in total. The number of rotatable bonds is 13. The van der Waals surface area contributed by atoms with Gasteiger partial charge in [-0.3, -0.25) is 0 Å². The largest absolute Gasteiger partial charge is 0.748 e. The number of hydrogen-bond acceptors (Lipinski definition) is 6. The van der Waals surface area contributed by atoms with Gasteiger partial charge in [0, 0.05) is 63.3 Å². The summed E-state index contributed by atoms with van der Waals surface area (Å²) in [4.78, 5) is 0. The Kier molecular flexibility index (Phi) is 10.1. The van der Waals surface area contributed by atoms with Crippen LogP contribution in [0.1, 0.15) is 50.5 Å². The van der Waals surface area contributed by atoms with Crippen LogP contribution in [0.15, 0.2) is 107 Å². The minimum Gasteiger partial charge on any atom is -0.748 e. The van der Waals surface area contributed by atoms with Gasteiger partial charge in [-0.25, -0.2) is 16.8 Å². The normalized spacial score (nSPS) is 16.8. The molecule has 51 heavy (non-hydrogen) atoms. The van der Waals surface area contributed by atoms with Gasteiger partial charge in [0.25, 0.3) is 0 Å². The predicted molar refractivity (Wildman–Crippen MR) is 204 cm³/mol. The molecule has 1 aromatic heterocycles. The standard InChI is InChI=1S/C40H39ClN2O6S2/c41-40-30(20-22-34-32-16-6-10-28-12-8-18-36(38(28)32)42(34)24-1-3-26-50(44,45)46)14-5-15-31(40)21-23-35-33-17-7-11-29-13-9-19-37(39(29)33)43(35)25-2-4-27-51(47,48)49/h6-13,16-23H,1-5,14-15,24-27H2,(H-,44,45,46,47,48,49)/p-1. The molecule has 0 saturated carbocycles. The third-order valence-corrected chi connectivity index (χ3v) is 11.9. The van der Waals surface area contributed by atoms with Crippen molar-refractivity contribution in [1.29, 1.82) is 0 Å². The summed E-state index contributed by atoms with van der Waals surface area (Å²) in [6, 6.07) is 24.9. The van der Waals surface area contributed by atoms with Gasteiger partial charge < -0.3 is 13.7 Å². The second kappa shape index (κ2) is 14.5. The highest BCUT2D eigenvalue weighted by atomic mass is 35.5. The summed E-state index contributed by atoms with van der Waals surface area (Å²) in [5, 5.41) is 7.39. The zero-order valence-corrected chi connectivity index (χ0v) is 30.4. The highest BCUT2D eigenvalue weighted by Gasteiger charge is 2.30. The fraction of sp³-hybridized carbons (Fsp3) is 0.275. The molecule has 0 bridgehead atoms. The van der Waals surface area contributed by atoms with Crippen molar-refractivity contribution in [3.8, 4) is 0 Å². The van der Waals surface area contributed by atoms with Gasteiger partial charge in [-0.2, -0.15) is 4.58 Å². The van der Waals surface area contributed by atoms with Crippen molar-refractivity contribution in [2.24, 2.45) is 0 Å². The van der Waals surface area contributed by atoms with Crippen LogP contribution >= 0.6 is 11.6 Å². The lowest BCUT2D eigenvalue weighted by Gasteiger charge is -2.16. The average Bonchev–Trinajstić information content (AvgIpc) is 3.57. The highest BCUT2D eigenvalue weighted by Crippen LogP contribution is 2.37. The number of hydrogen-bond donors (Lipinski definition) is 0. The Morgan fingerprint density at radius 2 is 1.41 bits per heavy atom. The third kappa shape index (κ3) is 7.61. The van der Waals surface area contributed by atoms with E-state index in [0.717, 1.165) is 90.2 Å². The van der Waals surface area contributed by atoms with Crippen LogP contribution in [0.5, 0.6) is 0 Å². The second-order valence-corrected chi connectivity index (χ2v) is 16.7. The number of nitrogens with zero attached hydrogens (tertiary/aromatic N) is 2. The maximum Gasteiger partial charge on any atom is 0.214 e. The third-order valence-electron chi connectivity index (χ3n) is 9.87. The first-order valence-corrected chi connectivity index (χ1v) is 20.8. The second-order valence-electron chi connectivity index (χ2n) is 13.3. The molecule has 1 aliphatic carbocycles. The number of benzene rings is 4. The lowest BCUT2D eigenvalue weighted by Crippen LogP contribution is -2.17. The Bertz CT molecular complexity index is 2570. The molecule has 7 rings (SSSR count). The van der Waals surface area contributed by atoms with Crippen LogP contribution in [0.2, 0.25) is 0 Å². The maximum atomic E-state index is 11.2. The SMILES string of the molecule is O=S(=O)([O-])CCCCn1/c(=C/C=C2\CCCC(/C=C/C3=[N+](CCCCS(=O)(=O)[O-])c4cccc5cccc3c45)=C2Cl)c2cccc3cccc1c32. The minimum absolute atomic E-state index is 0.297. The topological polar surface area (TPSA) is 122 Å². The van der Waals surface area contributed by atoms with E-state index in [1.165, 1.54) is 0 Å². The van der Waals surface area contributed by atoms with Crippen molar-refractivity contribution in [1.82, 2.24) is 4.57 Å². The molecule has 0 unspecified atom stereocenters. The molecular weight excluding hydrogens is 704 g/mol. The minimum atomic E-state index is -4.26. The van der Waals surface area contributed by atoms with Gasteiger partial charge >= 0.3 is 0 Å². The first kappa shape index (κ1) is 35.3. The smallest absolute Gasteiger partial charge is 0.214 e. The summed E-state index contributed by atoms with van der Waals surface area (Å²) in [5.74, 6) is -0.747. The number of halogens is 1.